The summed E-state index contributed by atoms with van der Waals surface area (Å²) in [5, 5.41) is 0. The van der Waals surface area contributed by atoms with Gasteiger partial charge >= 0.3 is 0 Å². The van der Waals surface area contributed by atoms with E-state index in [9.17, 15) is 0 Å². The number of aromatic nitrogens is 1. The first-order chi connectivity index (χ1) is 7.18. The van der Waals surface area contributed by atoms with Gasteiger partial charge in [0.15, 0.2) is 0 Å². The molecule has 1 N–H and O–H groups in total. The second-order valence-electron chi connectivity index (χ2n) is 5.19. The van der Waals surface area contributed by atoms with Gasteiger partial charge in [0.1, 0.15) is 0 Å². The number of nitrogens with one attached hydrogen (secondary N) is 1. The molecule has 15 heavy (non-hydrogen) atoms. The van der Waals surface area contributed by atoms with Gasteiger partial charge in [-0.25, -0.2) is 0 Å². The summed E-state index contributed by atoms with van der Waals surface area (Å²) in [7, 11) is 0. The van der Waals surface area contributed by atoms with Crippen LogP contribution >= 0.6 is 0 Å². The van der Waals surface area contributed by atoms with E-state index in [-0.39, 0.29) is 0 Å². The monoisotopic (exact) mass is 207 g/mol. The highest BCUT2D eigenvalue weighted by Gasteiger charge is 2.03. The Balaban J connectivity index is 2.06. The second-order valence-corrected chi connectivity index (χ2v) is 5.19. The molecule has 86 valence electrons. The molecule has 1 atom stereocenters. The Hall–Kier alpha value is -0.720. The minimum atomic E-state index is 0.863. The fourth-order valence-electron chi connectivity index (χ4n) is 1.95. The van der Waals surface area contributed by atoms with Crippen molar-refractivity contribution >= 4 is 0 Å². The van der Waals surface area contributed by atoms with Crippen LogP contribution in [-0.4, -0.2) is 4.98 Å². The van der Waals surface area contributed by atoms with E-state index in [4.69, 9.17) is 0 Å². The fourth-order valence-corrected chi connectivity index (χ4v) is 1.95. The van der Waals surface area contributed by atoms with E-state index in [1.807, 2.05) is 6.20 Å². The molecule has 0 spiro atoms. The lowest BCUT2D eigenvalue weighted by Gasteiger charge is -2.11. The number of aromatic amines is 1. The smallest absolute Gasteiger partial charge is 0.00373 e. The fraction of sp³-hybridized carbons (Fsp3) is 0.714. The van der Waals surface area contributed by atoms with Crippen molar-refractivity contribution in [2.45, 2.75) is 52.9 Å². The van der Waals surface area contributed by atoms with Gasteiger partial charge in [-0.1, -0.05) is 40.0 Å². The van der Waals surface area contributed by atoms with Crippen molar-refractivity contribution in [3.63, 3.8) is 0 Å². The highest BCUT2D eigenvalue weighted by Crippen LogP contribution is 2.17. The van der Waals surface area contributed by atoms with E-state index in [0.717, 1.165) is 11.8 Å². The summed E-state index contributed by atoms with van der Waals surface area (Å²) in [5.41, 5.74) is 1.45. The summed E-state index contributed by atoms with van der Waals surface area (Å²) in [6.45, 7) is 7.00. The number of hydrogen-bond donors (Lipinski definition) is 1. The Morgan fingerprint density at radius 1 is 1.13 bits per heavy atom. The molecule has 0 aliphatic heterocycles. The van der Waals surface area contributed by atoms with Gasteiger partial charge in [0, 0.05) is 12.4 Å². The average Bonchev–Trinajstić information content (AvgIpc) is 2.66. The van der Waals surface area contributed by atoms with Gasteiger partial charge in [0.2, 0.25) is 0 Å². The van der Waals surface area contributed by atoms with Crippen LogP contribution < -0.4 is 0 Å². The van der Waals surface area contributed by atoms with E-state index in [2.05, 4.69) is 38.0 Å². The maximum absolute atomic E-state index is 3.11. The summed E-state index contributed by atoms with van der Waals surface area (Å²) in [4.78, 5) is 3.11. The minimum absolute atomic E-state index is 0.863. The molecule has 1 heterocycles. The predicted molar refractivity (Wildman–Crippen MR) is 67.0 cm³/mol. The molecule has 0 bridgehead atoms. The van der Waals surface area contributed by atoms with Gasteiger partial charge in [-0.15, -0.1) is 0 Å². The molecule has 0 radical (unpaired) electrons. The van der Waals surface area contributed by atoms with Crippen molar-refractivity contribution in [3.8, 4) is 0 Å². The molecule has 0 aliphatic rings. The minimum Gasteiger partial charge on any atom is -0.367 e. The van der Waals surface area contributed by atoms with Crippen LogP contribution in [0.15, 0.2) is 18.5 Å². The van der Waals surface area contributed by atoms with Gasteiger partial charge in [0.25, 0.3) is 0 Å². The number of aryl methyl sites for hydroxylation is 1. The SMILES string of the molecule is CC(C)CCCC(C)CCc1cc[nH]c1. The third-order valence-corrected chi connectivity index (χ3v) is 3.07. The van der Waals surface area contributed by atoms with Gasteiger partial charge < -0.3 is 4.98 Å². The highest BCUT2D eigenvalue weighted by molar-refractivity contribution is 5.08. The molecule has 0 saturated carbocycles. The predicted octanol–water partition coefficient (Wildman–Crippen LogP) is 4.41. The zero-order valence-corrected chi connectivity index (χ0v) is 10.4. The van der Waals surface area contributed by atoms with Crippen LogP contribution in [0, 0.1) is 11.8 Å². The van der Waals surface area contributed by atoms with Gasteiger partial charge in [-0.2, -0.15) is 0 Å². The van der Waals surface area contributed by atoms with Crippen molar-refractivity contribution in [3.05, 3.63) is 24.0 Å². The molecule has 1 unspecified atom stereocenters. The van der Waals surface area contributed by atoms with E-state index >= 15 is 0 Å². The van der Waals surface area contributed by atoms with Crippen LogP contribution in [0.25, 0.3) is 0 Å². The first kappa shape index (κ1) is 12.4. The van der Waals surface area contributed by atoms with Crippen molar-refractivity contribution in [2.75, 3.05) is 0 Å². The molecular weight excluding hydrogens is 182 g/mol. The summed E-state index contributed by atoms with van der Waals surface area (Å²) >= 11 is 0. The molecule has 1 aromatic heterocycles. The molecule has 0 fully saturated rings. The maximum atomic E-state index is 3.11. The van der Waals surface area contributed by atoms with Gasteiger partial charge in [-0.05, 0) is 36.3 Å². The van der Waals surface area contributed by atoms with Crippen LogP contribution in [0.1, 0.15) is 52.0 Å². The average molecular weight is 207 g/mol. The Morgan fingerprint density at radius 3 is 2.53 bits per heavy atom. The van der Waals surface area contributed by atoms with E-state index < -0.39 is 0 Å². The first-order valence-electron chi connectivity index (χ1n) is 6.30. The van der Waals surface area contributed by atoms with E-state index in [1.54, 1.807) is 0 Å². The van der Waals surface area contributed by atoms with E-state index in [0.29, 0.717) is 0 Å². The van der Waals surface area contributed by atoms with Gasteiger partial charge in [0.05, 0.1) is 0 Å². The molecule has 0 saturated heterocycles. The number of rotatable bonds is 7. The third kappa shape index (κ3) is 5.66. The molecule has 0 aromatic carbocycles. The third-order valence-electron chi connectivity index (χ3n) is 3.07. The van der Waals surface area contributed by atoms with Crippen LogP contribution in [0.4, 0.5) is 0 Å². The zero-order valence-electron chi connectivity index (χ0n) is 10.4. The lowest BCUT2D eigenvalue weighted by molar-refractivity contribution is 0.437. The van der Waals surface area contributed by atoms with Crippen molar-refractivity contribution in [2.24, 2.45) is 11.8 Å². The highest BCUT2D eigenvalue weighted by atomic mass is 14.6. The van der Waals surface area contributed by atoms with Crippen molar-refractivity contribution in [1.82, 2.24) is 4.98 Å². The summed E-state index contributed by atoms with van der Waals surface area (Å²) in [6.07, 6.45) is 10.9. The molecule has 1 heteroatoms. The van der Waals surface area contributed by atoms with Crippen LogP contribution in [0.5, 0.6) is 0 Å². The lowest BCUT2D eigenvalue weighted by Crippen LogP contribution is -1.98. The molecule has 1 nitrogen and oxygen atoms in total. The Morgan fingerprint density at radius 2 is 1.93 bits per heavy atom. The van der Waals surface area contributed by atoms with Crippen LogP contribution in [0.2, 0.25) is 0 Å². The molecule has 0 aliphatic carbocycles. The normalized spacial score (nSPS) is 13.3. The maximum Gasteiger partial charge on any atom is 0.00373 e. The summed E-state index contributed by atoms with van der Waals surface area (Å²) in [5.74, 6) is 1.74. The molecular formula is C14H25N. The van der Waals surface area contributed by atoms with Crippen LogP contribution in [0.3, 0.4) is 0 Å². The quantitative estimate of drug-likeness (QED) is 0.681. The van der Waals surface area contributed by atoms with E-state index in [1.165, 1.54) is 37.7 Å². The zero-order chi connectivity index (χ0) is 11.1. The van der Waals surface area contributed by atoms with Crippen molar-refractivity contribution in [1.29, 1.82) is 0 Å². The number of H-pyrrole nitrogens is 1. The molecule has 1 aromatic rings. The number of hydrogen-bond acceptors (Lipinski definition) is 0. The van der Waals surface area contributed by atoms with Gasteiger partial charge in [-0.3, -0.25) is 0 Å². The van der Waals surface area contributed by atoms with Crippen LogP contribution in [-0.2, 0) is 6.42 Å². The summed E-state index contributed by atoms with van der Waals surface area (Å²) < 4.78 is 0. The topological polar surface area (TPSA) is 15.8 Å². The Kier molecular flexibility index (Phi) is 5.52. The molecule has 0 amide bonds. The Labute approximate surface area is 94.3 Å². The second kappa shape index (κ2) is 6.71. The lowest BCUT2D eigenvalue weighted by atomic mass is 9.95. The first-order valence-corrected chi connectivity index (χ1v) is 6.30. The van der Waals surface area contributed by atoms with Crippen molar-refractivity contribution < 1.29 is 0 Å². The summed E-state index contributed by atoms with van der Waals surface area (Å²) in [6, 6.07) is 2.18. The standard InChI is InChI=1S/C14H25N/c1-12(2)5-4-6-13(3)7-8-14-9-10-15-11-14/h9-13,15H,4-8H2,1-3H3. The largest absolute Gasteiger partial charge is 0.367 e. The molecule has 1 rings (SSSR count). The Bertz CT molecular complexity index is 236.